The van der Waals surface area contributed by atoms with Gasteiger partial charge in [-0.05, 0) is 18.2 Å². The number of carbonyl (C=O) groups excluding carboxylic acids is 1. The molecule has 5 nitrogen and oxygen atoms in total. The summed E-state index contributed by atoms with van der Waals surface area (Å²) in [5.41, 5.74) is 0.621. The zero-order chi connectivity index (χ0) is 15.2. The van der Waals surface area contributed by atoms with E-state index < -0.39 is 5.91 Å². The number of benzene rings is 1. The molecule has 0 unspecified atom stereocenters. The fourth-order valence-electron chi connectivity index (χ4n) is 1.67. The van der Waals surface area contributed by atoms with Gasteiger partial charge in [0.1, 0.15) is 17.4 Å². The van der Waals surface area contributed by atoms with Gasteiger partial charge in [0.05, 0.1) is 0 Å². The molecule has 0 spiro atoms. The van der Waals surface area contributed by atoms with Crippen molar-refractivity contribution in [2.75, 3.05) is 24.3 Å². The molecule has 0 saturated carbocycles. The van der Waals surface area contributed by atoms with Crippen LogP contribution < -0.4 is 10.2 Å². The Bertz CT molecular complexity index is 694. The predicted molar refractivity (Wildman–Crippen MR) is 81.7 cm³/mol. The van der Waals surface area contributed by atoms with Gasteiger partial charge in [-0.3, -0.25) is 4.79 Å². The Balaban J connectivity index is 2.16. The average molecular weight is 281 g/mol. The molecule has 1 heterocycles. The lowest BCUT2D eigenvalue weighted by Gasteiger charge is -2.06. The summed E-state index contributed by atoms with van der Waals surface area (Å²) in [6.45, 7) is 0. The van der Waals surface area contributed by atoms with Crippen molar-refractivity contribution in [3.63, 3.8) is 0 Å². The van der Waals surface area contributed by atoms with Crippen LogP contribution in [0.3, 0.4) is 0 Å². The van der Waals surface area contributed by atoms with Crippen molar-refractivity contribution in [2.45, 2.75) is 0 Å². The predicted octanol–water partition coefficient (Wildman–Crippen LogP) is 2.89. The first kappa shape index (κ1) is 14.4. The number of nitriles is 1. The van der Waals surface area contributed by atoms with Gasteiger partial charge in [-0.25, -0.2) is 0 Å². The van der Waals surface area contributed by atoms with Gasteiger partial charge in [-0.1, -0.05) is 18.2 Å². The number of hydrogen-bond acceptors (Lipinski definition) is 4. The highest BCUT2D eigenvalue weighted by molar-refractivity contribution is 6.09. The maximum Gasteiger partial charge on any atom is 0.266 e. The summed E-state index contributed by atoms with van der Waals surface area (Å²) < 4.78 is 5.50. The lowest BCUT2D eigenvalue weighted by molar-refractivity contribution is -0.112. The molecular formula is C16H15N3O2. The summed E-state index contributed by atoms with van der Waals surface area (Å²) >= 11 is 0. The van der Waals surface area contributed by atoms with Gasteiger partial charge >= 0.3 is 0 Å². The lowest BCUT2D eigenvalue weighted by atomic mass is 10.2. The zero-order valence-electron chi connectivity index (χ0n) is 11.8. The maximum absolute atomic E-state index is 12.0. The van der Waals surface area contributed by atoms with Crippen molar-refractivity contribution in [3.05, 3.63) is 53.8 Å². The third-order valence-corrected chi connectivity index (χ3v) is 2.74. The highest BCUT2D eigenvalue weighted by Crippen LogP contribution is 2.18. The van der Waals surface area contributed by atoms with E-state index in [2.05, 4.69) is 5.32 Å². The normalized spacial score (nSPS) is 10.8. The molecule has 1 aromatic carbocycles. The molecule has 0 atom stereocenters. The summed E-state index contributed by atoms with van der Waals surface area (Å²) in [5, 5.41) is 11.8. The van der Waals surface area contributed by atoms with E-state index in [9.17, 15) is 4.79 Å². The largest absolute Gasteiger partial charge is 0.441 e. The van der Waals surface area contributed by atoms with E-state index in [0.717, 1.165) is 0 Å². The van der Waals surface area contributed by atoms with Crippen LogP contribution in [-0.2, 0) is 4.79 Å². The topological polar surface area (TPSA) is 69.3 Å². The minimum absolute atomic E-state index is 0.0153. The third-order valence-electron chi connectivity index (χ3n) is 2.74. The van der Waals surface area contributed by atoms with Gasteiger partial charge in [0, 0.05) is 31.9 Å². The zero-order valence-corrected chi connectivity index (χ0v) is 11.8. The Hall–Kier alpha value is -3.00. The van der Waals surface area contributed by atoms with Crippen LogP contribution in [0.25, 0.3) is 6.08 Å². The molecule has 0 saturated heterocycles. The van der Waals surface area contributed by atoms with Crippen molar-refractivity contribution < 1.29 is 9.21 Å². The smallest absolute Gasteiger partial charge is 0.266 e. The van der Waals surface area contributed by atoms with Gasteiger partial charge < -0.3 is 14.6 Å². The van der Waals surface area contributed by atoms with E-state index in [4.69, 9.17) is 9.68 Å². The van der Waals surface area contributed by atoms with Crippen molar-refractivity contribution in [1.29, 1.82) is 5.26 Å². The van der Waals surface area contributed by atoms with Crippen LogP contribution in [0.1, 0.15) is 5.76 Å². The molecular weight excluding hydrogens is 266 g/mol. The first-order valence-corrected chi connectivity index (χ1v) is 6.35. The second-order valence-electron chi connectivity index (χ2n) is 4.56. The molecule has 1 N–H and O–H groups in total. The van der Waals surface area contributed by atoms with Crippen LogP contribution in [-0.4, -0.2) is 20.0 Å². The Kier molecular flexibility index (Phi) is 4.42. The summed E-state index contributed by atoms with van der Waals surface area (Å²) in [6.07, 6.45) is 1.42. The summed E-state index contributed by atoms with van der Waals surface area (Å²) in [6, 6.07) is 14.3. The van der Waals surface area contributed by atoms with E-state index in [0.29, 0.717) is 17.3 Å². The van der Waals surface area contributed by atoms with Crippen LogP contribution in [0.4, 0.5) is 11.6 Å². The molecule has 0 aliphatic carbocycles. The number of rotatable bonds is 4. The molecule has 0 aliphatic rings. The second kappa shape index (κ2) is 6.44. The van der Waals surface area contributed by atoms with Gasteiger partial charge in [0.2, 0.25) is 0 Å². The van der Waals surface area contributed by atoms with Crippen molar-refractivity contribution in [3.8, 4) is 6.07 Å². The standard InChI is InChI=1S/C16H15N3O2/c1-19(2)15-9-8-14(21-15)10-12(11-17)16(20)18-13-6-4-3-5-7-13/h3-10H,1-2H3,(H,18,20). The summed E-state index contributed by atoms with van der Waals surface area (Å²) in [5.74, 6) is 0.645. The summed E-state index contributed by atoms with van der Waals surface area (Å²) in [4.78, 5) is 13.8. The molecule has 21 heavy (non-hydrogen) atoms. The van der Waals surface area contributed by atoms with E-state index >= 15 is 0 Å². The minimum Gasteiger partial charge on any atom is -0.441 e. The number of anilines is 2. The molecule has 1 amide bonds. The molecule has 0 bridgehead atoms. The van der Waals surface area contributed by atoms with E-state index in [-0.39, 0.29) is 5.57 Å². The van der Waals surface area contributed by atoms with Gasteiger partial charge in [-0.2, -0.15) is 5.26 Å². The van der Waals surface area contributed by atoms with Crippen LogP contribution in [0, 0.1) is 11.3 Å². The number of carbonyl (C=O) groups is 1. The molecule has 106 valence electrons. The Morgan fingerprint density at radius 2 is 1.95 bits per heavy atom. The van der Waals surface area contributed by atoms with Gasteiger partial charge in [-0.15, -0.1) is 0 Å². The van der Waals surface area contributed by atoms with Crippen molar-refractivity contribution in [1.82, 2.24) is 0 Å². The monoisotopic (exact) mass is 281 g/mol. The Labute approximate surface area is 123 Å². The Morgan fingerprint density at radius 1 is 1.24 bits per heavy atom. The van der Waals surface area contributed by atoms with E-state index in [1.54, 1.807) is 41.3 Å². The molecule has 5 heteroatoms. The maximum atomic E-state index is 12.0. The van der Waals surface area contributed by atoms with Crippen LogP contribution in [0.5, 0.6) is 0 Å². The first-order chi connectivity index (χ1) is 10.1. The number of nitrogens with zero attached hydrogens (tertiary/aromatic N) is 2. The molecule has 0 radical (unpaired) electrons. The molecule has 2 aromatic rings. The number of nitrogens with one attached hydrogen (secondary N) is 1. The van der Waals surface area contributed by atoms with Gasteiger partial charge in [0.25, 0.3) is 5.91 Å². The molecule has 0 fully saturated rings. The SMILES string of the molecule is CN(C)c1ccc(C=C(C#N)C(=O)Nc2ccccc2)o1. The number of para-hydroxylation sites is 1. The van der Waals surface area contributed by atoms with E-state index in [1.807, 2.05) is 26.2 Å². The molecule has 0 aliphatic heterocycles. The van der Waals surface area contributed by atoms with Crippen molar-refractivity contribution in [2.24, 2.45) is 0 Å². The molecule has 2 rings (SSSR count). The number of amides is 1. The van der Waals surface area contributed by atoms with Crippen LogP contribution in [0.2, 0.25) is 0 Å². The minimum atomic E-state index is -0.466. The van der Waals surface area contributed by atoms with Crippen LogP contribution in [0.15, 0.2) is 52.5 Å². The average Bonchev–Trinajstić information content (AvgIpc) is 2.94. The van der Waals surface area contributed by atoms with Gasteiger partial charge in [0.15, 0.2) is 5.88 Å². The highest BCUT2D eigenvalue weighted by Gasteiger charge is 2.11. The van der Waals surface area contributed by atoms with Crippen molar-refractivity contribution >= 4 is 23.6 Å². The number of furan rings is 1. The fraction of sp³-hybridized carbons (Fsp3) is 0.125. The lowest BCUT2D eigenvalue weighted by Crippen LogP contribution is -2.13. The quantitative estimate of drug-likeness (QED) is 0.691. The van der Waals surface area contributed by atoms with E-state index in [1.165, 1.54) is 6.08 Å². The van der Waals surface area contributed by atoms with Crippen LogP contribution >= 0.6 is 0 Å². The summed E-state index contributed by atoms with van der Waals surface area (Å²) in [7, 11) is 3.69. The molecule has 1 aromatic heterocycles. The highest BCUT2D eigenvalue weighted by atomic mass is 16.4. The fourth-order valence-corrected chi connectivity index (χ4v) is 1.67. The second-order valence-corrected chi connectivity index (χ2v) is 4.56. The number of hydrogen-bond donors (Lipinski definition) is 1. The first-order valence-electron chi connectivity index (χ1n) is 6.35. The third kappa shape index (κ3) is 3.74. The Morgan fingerprint density at radius 3 is 2.52 bits per heavy atom.